The molecule has 0 aliphatic carbocycles. The third-order valence-corrected chi connectivity index (χ3v) is 5.78. The van der Waals surface area contributed by atoms with Crippen LogP contribution in [0.3, 0.4) is 0 Å². The van der Waals surface area contributed by atoms with Crippen LogP contribution in [0.2, 0.25) is 5.02 Å². The Balaban J connectivity index is 1.52. The van der Waals surface area contributed by atoms with E-state index < -0.39 is 11.8 Å². The highest BCUT2D eigenvalue weighted by Crippen LogP contribution is 2.23. The van der Waals surface area contributed by atoms with E-state index in [1.807, 2.05) is 6.92 Å². The number of hydrogen-bond donors (Lipinski definition) is 3. The monoisotopic (exact) mass is 550 g/mol. The number of hydrazone groups is 1. The van der Waals surface area contributed by atoms with E-state index >= 15 is 0 Å². The summed E-state index contributed by atoms with van der Waals surface area (Å²) in [5.74, 6) is -1.71. The van der Waals surface area contributed by atoms with E-state index in [1.54, 1.807) is 36.4 Å². The molecule has 1 aliphatic rings. The van der Waals surface area contributed by atoms with Crippen LogP contribution >= 0.6 is 27.5 Å². The molecule has 0 unspecified atom stereocenters. The van der Waals surface area contributed by atoms with Crippen molar-refractivity contribution < 1.29 is 23.9 Å². The van der Waals surface area contributed by atoms with Crippen LogP contribution in [0.1, 0.15) is 24.0 Å². The summed E-state index contributed by atoms with van der Waals surface area (Å²) in [6.07, 6.45) is 3.04. The number of hydrogen-bond acceptors (Lipinski definition) is 6. The van der Waals surface area contributed by atoms with Gasteiger partial charge in [0.05, 0.1) is 12.3 Å². The number of rotatable bonds is 8. The topological polar surface area (TPSA) is 118 Å². The summed E-state index contributed by atoms with van der Waals surface area (Å²) >= 11 is 9.44. The normalized spacial score (nSPS) is 15.2. The number of halogens is 2. The van der Waals surface area contributed by atoms with Crippen molar-refractivity contribution in [2.24, 2.45) is 5.10 Å². The predicted octanol–water partition coefficient (Wildman–Crippen LogP) is 3.17. The maximum absolute atomic E-state index is 12.3. The van der Waals surface area contributed by atoms with Gasteiger partial charge in [-0.2, -0.15) is 5.10 Å². The quantitative estimate of drug-likeness (QED) is 0.265. The van der Waals surface area contributed by atoms with Crippen molar-refractivity contribution in [2.45, 2.75) is 25.9 Å². The Morgan fingerprint density at radius 3 is 2.79 bits per heavy atom. The molecule has 0 spiro atoms. The summed E-state index contributed by atoms with van der Waals surface area (Å²) in [6, 6.07) is 10.3. The average molecular weight is 552 g/mol. The first-order valence-electron chi connectivity index (χ1n) is 10.5. The molecular weight excluding hydrogens is 528 g/mol. The minimum atomic E-state index is -0.900. The van der Waals surface area contributed by atoms with Crippen LogP contribution in [0.15, 0.2) is 46.0 Å². The fraction of sp³-hybridized carbons (Fsp3) is 0.304. The zero-order chi connectivity index (χ0) is 24.5. The Labute approximate surface area is 210 Å². The van der Waals surface area contributed by atoms with Crippen molar-refractivity contribution in [3.8, 4) is 5.75 Å². The van der Waals surface area contributed by atoms with E-state index in [4.69, 9.17) is 21.1 Å². The first-order chi connectivity index (χ1) is 16.3. The number of carbonyl (C=O) groups excluding carboxylic acids is 3. The number of ether oxygens (including phenoxy) is 2. The van der Waals surface area contributed by atoms with Gasteiger partial charge in [0.15, 0.2) is 6.61 Å². The Kier molecular flexibility index (Phi) is 9.43. The zero-order valence-corrected chi connectivity index (χ0v) is 20.7. The number of carbonyl (C=O) groups is 3. The second-order valence-electron chi connectivity index (χ2n) is 7.53. The van der Waals surface area contributed by atoms with Crippen LogP contribution in [0.5, 0.6) is 5.75 Å². The molecule has 2 aromatic rings. The summed E-state index contributed by atoms with van der Waals surface area (Å²) in [5.41, 5.74) is 4.12. The highest BCUT2D eigenvalue weighted by molar-refractivity contribution is 9.10. The maximum Gasteiger partial charge on any atom is 0.329 e. The van der Waals surface area contributed by atoms with E-state index in [2.05, 4.69) is 37.1 Å². The van der Waals surface area contributed by atoms with Gasteiger partial charge in [0.2, 0.25) is 0 Å². The van der Waals surface area contributed by atoms with Gasteiger partial charge in [-0.25, -0.2) is 5.43 Å². The largest absolute Gasteiger partial charge is 0.483 e. The molecule has 3 amide bonds. The van der Waals surface area contributed by atoms with Gasteiger partial charge < -0.3 is 20.1 Å². The molecule has 9 nitrogen and oxygen atoms in total. The van der Waals surface area contributed by atoms with E-state index in [1.165, 1.54) is 6.21 Å². The first kappa shape index (κ1) is 25.7. The molecule has 0 aromatic heterocycles. The van der Waals surface area contributed by atoms with Gasteiger partial charge in [0, 0.05) is 33.9 Å². The Hall–Kier alpha value is -2.95. The van der Waals surface area contributed by atoms with Crippen molar-refractivity contribution in [1.29, 1.82) is 0 Å². The Morgan fingerprint density at radius 1 is 1.24 bits per heavy atom. The average Bonchev–Trinajstić information content (AvgIpc) is 3.33. The number of anilines is 1. The fourth-order valence-corrected chi connectivity index (χ4v) is 3.63. The second kappa shape index (κ2) is 12.5. The second-order valence-corrected chi connectivity index (χ2v) is 8.85. The van der Waals surface area contributed by atoms with Crippen LogP contribution in [0.4, 0.5) is 5.69 Å². The Morgan fingerprint density at radius 2 is 2.06 bits per heavy atom. The number of nitrogens with one attached hydrogen (secondary N) is 3. The molecule has 1 fully saturated rings. The van der Waals surface area contributed by atoms with Crippen molar-refractivity contribution >= 4 is 57.2 Å². The molecule has 0 radical (unpaired) electrons. The van der Waals surface area contributed by atoms with Crippen molar-refractivity contribution in [2.75, 3.05) is 25.1 Å². The van der Waals surface area contributed by atoms with Gasteiger partial charge in [0.25, 0.3) is 5.91 Å². The van der Waals surface area contributed by atoms with Gasteiger partial charge in [-0.05, 0) is 55.7 Å². The number of nitrogens with zero attached hydrogens (tertiary/aromatic N) is 1. The molecule has 1 heterocycles. The van der Waals surface area contributed by atoms with Gasteiger partial charge >= 0.3 is 11.8 Å². The van der Waals surface area contributed by atoms with E-state index in [0.29, 0.717) is 28.6 Å². The lowest BCUT2D eigenvalue weighted by atomic mass is 10.2. The molecule has 0 bridgehead atoms. The maximum atomic E-state index is 12.3. The van der Waals surface area contributed by atoms with E-state index in [9.17, 15) is 14.4 Å². The third kappa shape index (κ3) is 7.82. The molecule has 11 heteroatoms. The standard InChI is InChI=1S/C23H24BrClN4O5/c1-14-4-6-17(10-19(14)25)28-21(30)13-34-20-7-5-16(24)9-15(20)11-27-29-23(32)22(31)26-12-18-3-2-8-33-18/h4-7,9-11,18H,2-3,8,12-13H2,1H3,(H,26,31)(H,28,30)(H,29,32)/b27-11-/t18-/m1/s1. The summed E-state index contributed by atoms with van der Waals surface area (Å²) in [5, 5.41) is 9.60. The lowest BCUT2D eigenvalue weighted by Gasteiger charge is -2.11. The van der Waals surface area contributed by atoms with Gasteiger partial charge in [-0.3, -0.25) is 14.4 Å². The number of benzene rings is 2. The molecule has 2 aromatic carbocycles. The smallest absolute Gasteiger partial charge is 0.329 e. The predicted molar refractivity (Wildman–Crippen MR) is 132 cm³/mol. The van der Waals surface area contributed by atoms with Crippen molar-refractivity contribution in [3.05, 3.63) is 57.0 Å². The zero-order valence-electron chi connectivity index (χ0n) is 18.4. The highest BCUT2D eigenvalue weighted by Gasteiger charge is 2.19. The third-order valence-electron chi connectivity index (χ3n) is 4.88. The lowest BCUT2D eigenvalue weighted by Crippen LogP contribution is -2.41. The Bertz CT molecular complexity index is 1090. The fourth-order valence-electron chi connectivity index (χ4n) is 3.07. The van der Waals surface area contributed by atoms with Gasteiger partial charge in [-0.15, -0.1) is 0 Å². The molecule has 34 heavy (non-hydrogen) atoms. The highest BCUT2D eigenvalue weighted by atomic mass is 79.9. The van der Waals surface area contributed by atoms with Crippen LogP contribution in [-0.2, 0) is 19.1 Å². The summed E-state index contributed by atoms with van der Waals surface area (Å²) in [7, 11) is 0. The van der Waals surface area contributed by atoms with E-state index in [-0.39, 0.29) is 25.2 Å². The molecule has 3 rings (SSSR count). The minimum Gasteiger partial charge on any atom is -0.483 e. The van der Waals surface area contributed by atoms with Crippen molar-refractivity contribution in [3.63, 3.8) is 0 Å². The van der Waals surface area contributed by atoms with Crippen LogP contribution in [0, 0.1) is 6.92 Å². The van der Waals surface area contributed by atoms with Gasteiger partial charge in [0.1, 0.15) is 5.75 Å². The summed E-state index contributed by atoms with van der Waals surface area (Å²) < 4.78 is 11.8. The molecular formula is C23H24BrClN4O5. The summed E-state index contributed by atoms with van der Waals surface area (Å²) in [6.45, 7) is 2.55. The number of aryl methyl sites for hydroxylation is 1. The molecule has 1 atom stereocenters. The van der Waals surface area contributed by atoms with Crippen LogP contribution in [0.25, 0.3) is 0 Å². The lowest BCUT2D eigenvalue weighted by molar-refractivity contribution is -0.139. The molecule has 180 valence electrons. The number of amides is 3. The van der Waals surface area contributed by atoms with Crippen LogP contribution in [-0.4, -0.2) is 49.8 Å². The molecule has 1 saturated heterocycles. The first-order valence-corrected chi connectivity index (χ1v) is 11.7. The molecule has 0 saturated carbocycles. The van der Waals surface area contributed by atoms with Crippen LogP contribution < -0.4 is 20.8 Å². The SMILES string of the molecule is Cc1ccc(NC(=O)COc2ccc(Br)cc2/C=N\NC(=O)C(=O)NC[C@H]2CCCO2)cc1Cl. The van der Waals surface area contributed by atoms with Gasteiger partial charge in [-0.1, -0.05) is 33.6 Å². The summed E-state index contributed by atoms with van der Waals surface area (Å²) in [4.78, 5) is 36.1. The minimum absolute atomic E-state index is 0.0678. The molecule has 3 N–H and O–H groups in total. The van der Waals surface area contributed by atoms with E-state index in [0.717, 1.165) is 22.9 Å². The molecule has 1 aliphatic heterocycles. The van der Waals surface area contributed by atoms with Crippen molar-refractivity contribution in [1.82, 2.24) is 10.7 Å².